The summed E-state index contributed by atoms with van der Waals surface area (Å²) >= 11 is 7.07. The molecule has 3 unspecified atom stereocenters. The summed E-state index contributed by atoms with van der Waals surface area (Å²) < 4.78 is 56.7. The zero-order valence-corrected chi connectivity index (χ0v) is 39.9. The molecular formula is C48H52F4N8O6S2. The molecule has 20 heteroatoms. The molecule has 0 bridgehead atoms. The van der Waals surface area contributed by atoms with Gasteiger partial charge in [0.25, 0.3) is 11.8 Å². The number of anilines is 2. The number of alkyl halides is 3. The molecule has 3 atom stereocenters. The molecule has 2 aliphatic rings. The van der Waals surface area contributed by atoms with Gasteiger partial charge in [0.2, 0.25) is 17.7 Å². The lowest BCUT2D eigenvalue weighted by molar-refractivity contribution is -0.144. The van der Waals surface area contributed by atoms with E-state index in [9.17, 15) is 47.5 Å². The van der Waals surface area contributed by atoms with Gasteiger partial charge in [-0.25, -0.2) is 9.37 Å². The number of rotatable bonds is 15. The smallest absolute Gasteiger partial charge is 0.391 e. The Balaban J connectivity index is 0.976. The van der Waals surface area contributed by atoms with Crippen LogP contribution in [-0.4, -0.2) is 86.5 Å². The standard InChI is InChI=1S/C48H52F4N8O6S2/c1-27-39(68-26-56-27)29-13-11-28(12-14-29)24-55-42(64)37-22-33(61)25-58(37)43(65)40(46(2,3)4)57-38(62)10-8-7-9-19-54-41(63)34-18-17-32(21-36(34)49)60-45(67)59(44(66)47(60,5)6)31-16-15-30(23-53)35(20-31)48(50,51)52/h11-18,20-21,26,33,37,40,61H,7-10,19,22,24-25H2,1-6H3,(H,54,63)(H,55,64)(H,57,62). The van der Waals surface area contributed by atoms with Crippen LogP contribution in [0.15, 0.2) is 66.2 Å². The number of thiocarbonyl (C=S) groups is 1. The third-order valence-electron chi connectivity index (χ3n) is 11.9. The minimum absolute atomic E-state index is 0.0506. The number of aliphatic hydroxyl groups is 1. The van der Waals surface area contributed by atoms with Crippen molar-refractivity contribution in [1.29, 1.82) is 5.26 Å². The lowest BCUT2D eigenvalue weighted by Gasteiger charge is -2.35. The molecule has 0 saturated carbocycles. The number of unbranched alkanes of at least 4 members (excludes halogenated alkanes) is 2. The highest BCUT2D eigenvalue weighted by molar-refractivity contribution is 7.81. The molecule has 1 aromatic heterocycles. The summed E-state index contributed by atoms with van der Waals surface area (Å²) in [7, 11) is 0. The summed E-state index contributed by atoms with van der Waals surface area (Å²) in [5, 5.41) is 27.9. The van der Waals surface area contributed by atoms with Gasteiger partial charge in [0.1, 0.15) is 23.4 Å². The Morgan fingerprint density at radius 3 is 2.31 bits per heavy atom. The molecule has 0 spiro atoms. The third-order valence-corrected chi connectivity index (χ3v) is 13.2. The number of amides is 5. The summed E-state index contributed by atoms with van der Waals surface area (Å²) in [4.78, 5) is 76.1. The quantitative estimate of drug-likeness (QED) is 0.0541. The molecule has 68 heavy (non-hydrogen) atoms. The molecule has 4 N–H and O–H groups in total. The SMILES string of the molecule is Cc1ncsc1-c1ccc(CNC(=O)C2CC(O)CN2C(=O)C(NC(=O)CCCCCNC(=O)c2ccc(N3C(=S)N(c4ccc(C#N)c(C(F)(F)F)c4)C(=O)C3(C)C)cc2F)C(C)(C)C)cc1. The number of halogens is 4. The second kappa shape index (κ2) is 20.5. The summed E-state index contributed by atoms with van der Waals surface area (Å²) in [6, 6.07) is 13.6. The number of β-amino-alcohol motifs (C(OH)–C–C–N with tert-alkyl or cyclic N) is 1. The zero-order chi connectivity index (χ0) is 49.9. The number of carbonyl (C=O) groups excluding carboxylic acids is 5. The number of hydrogen-bond acceptors (Lipinski definition) is 10. The van der Waals surface area contributed by atoms with Crippen molar-refractivity contribution in [3.63, 3.8) is 0 Å². The lowest BCUT2D eigenvalue weighted by atomic mass is 9.85. The van der Waals surface area contributed by atoms with Crippen LogP contribution < -0.4 is 25.8 Å². The van der Waals surface area contributed by atoms with Gasteiger partial charge < -0.3 is 30.9 Å². The first-order valence-electron chi connectivity index (χ1n) is 21.9. The minimum atomic E-state index is -4.89. The first-order chi connectivity index (χ1) is 31.9. The van der Waals surface area contributed by atoms with Crippen LogP contribution in [0.25, 0.3) is 10.4 Å². The van der Waals surface area contributed by atoms with Crippen LogP contribution in [0.3, 0.4) is 0 Å². The predicted molar refractivity (Wildman–Crippen MR) is 252 cm³/mol. The predicted octanol–water partition coefficient (Wildman–Crippen LogP) is 7.16. The van der Waals surface area contributed by atoms with Gasteiger partial charge in [-0.15, -0.1) is 11.3 Å². The number of aliphatic hydroxyl groups excluding tert-OH is 1. The number of carbonyl (C=O) groups is 5. The molecule has 2 fully saturated rings. The maximum atomic E-state index is 15.5. The van der Waals surface area contributed by atoms with E-state index in [4.69, 9.17) is 12.2 Å². The van der Waals surface area contributed by atoms with Gasteiger partial charge in [0, 0.05) is 38.2 Å². The van der Waals surface area contributed by atoms with Crippen LogP contribution in [0.1, 0.15) is 99.5 Å². The molecule has 2 aliphatic heterocycles. The molecular weight excluding hydrogens is 925 g/mol. The van der Waals surface area contributed by atoms with E-state index < -0.39 is 81.8 Å². The topological polar surface area (TPSA) is 188 Å². The number of nitriles is 1. The maximum absolute atomic E-state index is 15.5. The number of aryl methyl sites for hydroxylation is 1. The molecule has 360 valence electrons. The van der Waals surface area contributed by atoms with Crippen LogP contribution in [0.5, 0.6) is 0 Å². The monoisotopic (exact) mass is 976 g/mol. The van der Waals surface area contributed by atoms with E-state index in [-0.39, 0.29) is 54.5 Å². The Hall–Kier alpha value is -6.30. The van der Waals surface area contributed by atoms with Gasteiger partial charge in [-0.05, 0) is 98.8 Å². The van der Waals surface area contributed by atoms with Crippen molar-refractivity contribution in [2.75, 3.05) is 22.9 Å². The number of nitrogens with one attached hydrogen (secondary N) is 3. The van der Waals surface area contributed by atoms with E-state index in [1.807, 2.05) is 31.2 Å². The Morgan fingerprint density at radius 2 is 1.69 bits per heavy atom. The molecule has 3 heterocycles. The number of hydrogen-bond donors (Lipinski definition) is 4. The average molecular weight is 977 g/mol. The van der Waals surface area contributed by atoms with Crippen molar-refractivity contribution >= 4 is 69.6 Å². The van der Waals surface area contributed by atoms with Crippen molar-refractivity contribution in [1.82, 2.24) is 25.8 Å². The number of thiazole rings is 1. The second-order valence-electron chi connectivity index (χ2n) is 18.3. The van der Waals surface area contributed by atoms with Crippen LogP contribution in [0, 0.1) is 29.5 Å². The van der Waals surface area contributed by atoms with Crippen LogP contribution >= 0.6 is 23.6 Å². The molecule has 3 aromatic carbocycles. The van der Waals surface area contributed by atoms with Crippen LogP contribution in [0.4, 0.5) is 28.9 Å². The van der Waals surface area contributed by atoms with E-state index in [2.05, 4.69) is 20.9 Å². The summed E-state index contributed by atoms with van der Waals surface area (Å²) in [5.74, 6) is -3.66. The van der Waals surface area contributed by atoms with Crippen molar-refractivity contribution in [2.24, 2.45) is 5.41 Å². The zero-order valence-electron chi connectivity index (χ0n) is 38.3. The molecule has 0 aliphatic carbocycles. The van der Waals surface area contributed by atoms with Gasteiger partial charge in [-0.3, -0.25) is 28.9 Å². The lowest BCUT2D eigenvalue weighted by Crippen LogP contribution is -2.57. The van der Waals surface area contributed by atoms with E-state index in [0.717, 1.165) is 38.7 Å². The molecule has 2 saturated heterocycles. The van der Waals surface area contributed by atoms with Crippen LogP contribution in [0.2, 0.25) is 0 Å². The third kappa shape index (κ3) is 11.2. The van der Waals surface area contributed by atoms with E-state index in [1.54, 1.807) is 37.6 Å². The summed E-state index contributed by atoms with van der Waals surface area (Å²) in [5.41, 5.74) is 0.0264. The Kier molecular flexibility index (Phi) is 15.4. The largest absolute Gasteiger partial charge is 0.417 e. The number of benzene rings is 3. The number of aromatic nitrogens is 1. The van der Waals surface area contributed by atoms with E-state index in [1.165, 1.54) is 47.9 Å². The Bertz CT molecular complexity index is 2640. The summed E-state index contributed by atoms with van der Waals surface area (Å²) in [6.07, 6.45) is -4.38. The van der Waals surface area contributed by atoms with Gasteiger partial charge in [-0.2, -0.15) is 18.4 Å². The maximum Gasteiger partial charge on any atom is 0.417 e. The van der Waals surface area contributed by atoms with Crippen molar-refractivity contribution < 1.29 is 46.6 Å². The Morgan fingerprint density at radius 1 is 1.00 bits per heavy atom. The first kappa shape index (κ1) is 51.1. The van der Waals surface area contributed by atoms with Crippen molar-refractivity contribution in [3.8, 4) is 16.5 Å². The van der Waals surface area contributed by atoms with Gasteiger partial charge in [0.15, 0.2) is 5.11 Å². The minimum Gasteiger partial charge on any atom is -0.391 e. The highest BCUT2D eigenvalue weighted by Crippen LogP contribution is 2.40. The molecule has 6 rings (SSSR count). The van der Waals surface area contributed by atoms with Gasteiger partial charge >= 0.3 is 6.18 Å². The normalized spacial score (nSPS) is 17.5. The highest BCUT2D eigenvalue weighted by Gasteiger charge is 2.51. The fourth-order valence-corrected chi connectivity index (χ4v) is 9.52. The number of likely N-dealkylation sites (tertiary alicyclic amines) is 1. The van der Waals surface area contributed by atoms with Gasteiger partial charge in [-0.1, -0.05) is 51.5 Å². The van der Waals surface area contributed by atoms with Crippen molar-refractivity contribution in [2.45, 2.75) is 110 Å². The molecule has 14 nitrogen and oxygen atoms in total. The first-order valence-corrected chi connectivity index (χ1v) is 23.2. The van der Waals surface area contributed by atoms with E-state index in [0.29, 0.717) is 25.3 Å². The number of nitrogens with zero attached hydrogens (tertiary/aromatic N) is 5. The summed E-state index contributed by atoms with van der Waals surface area (Å²) in [6.45, 7) is 10.5. The Labute approximate surface area is 400 Å². The molecule has 0 radical (unpaired) electrons. The fourth-order valence-electron chi connectivity index (χ4n) is 8.18. The highest BCUT2D eigenvalue weighted by atomic mass is 32.1. The second-order valence-corrected chi connectivity index (χ2v) is 19.6. The average Bonchev–Trinajstić information content (AvgIpc) is 3.94. The molecule has 4 aromatic rings. The van der Waals surface area contributed by atoms with E-state index >= 15 is 4.39 Å². The fraction of sp³-hybridized carbons (Fsp3) is 0.417. The van der Waals surface area contributed by atoms with Gasteiger partial charge in [0.05, 0.1) is 50.6 Å². The van der Waals surface area contributed by atoms with Crippen LogP contribution in [-0.2, 0) is 31.9 Å². The van der Waals surface area contributed by atoms with Crippen molar-refractivity contribution in [3.05, 3.63) is 99.9 Å². The molecule has 5 amide bonds.